The number of rotatable bonds is 10. The molecule has 0 radical (unpaired) electrons. The maximum atomic E-state index is 11.5. The van der Waals surface area contributed by atoms with Gasteiger partial charge in [-0.2, -0.15) is 0 Å². The van der Waals surface area contributed by atoms with Gasteiger partial charge in [-0.1, -0.05) is 37.5 Å². The van der Waals surface area contributed by atoms with Crippen molar-refractivity contribution in [2.75, 3.05) is 6.61 Å². The number of benzene rings is 1. The Labute approximate surface area is 168 Å². The first kappa shape index (κ1) is 21.8. The first-order valence-electron chi connectivity index (χ1n) is 10.1. The Morgan fingerprint density at radius 1 is 1.36 bits per heavy atom. The first-order valence-corrected chi connectivity index (χ1v) is 10.1. The quantitative estimate of drug-likeness (QED) is 0.450. The van der Waals surface area contributed by atoms with Gasteiger partial charge in [-0.05, 0) is 55.4 Å². The SMILES string of the molecule is CC#C[C@@H](CC(=O)O)c1ccc(OC/C(=C/[C@@H]2CCC(=O)C2)CCCC)cc1. The van der Waals surface area contributed by atoms with Crippen molar-refractivity contribution in [3.05, 3.63) is 41.5 Å². The van der Waals surface area contributed by atoms with E-state index in [1.807, 2.05) is 24.3 Å². The number of Topliss-reactive ketones (excluding diaryl/α,β-unsaturated/α-hetero) is 1. The number of carbonyl (C=O) groups excluding carboxylic acids is 1. The van der Waals surface area contributed by atoms with Crippen LogP contribution in [0.3, 0.4) is 0 Å². The molecule has 0 heterocycles. The summed E-state index contributed by atoms with van der Waals surface area (Å²) < 4.78 is 5.97. The van der Waals surface area contributed by atoms with Gasteiger partial charge in [0, 0.05) is 12.8 Å². The molecule has 1 aromatic carbocycles. The van der Waals surface area contributed by atoms with E-state index in [4.69, 9.17) is 9.84 Å². The topological polar surface area (TPSA) is 63.6 Å². The van der Waals surface area contributed by atoms with Gasteiger partial charge in [0.05, 0.1) is 12.3 Å². The van der Waals surface area contributed by atoms with Crippen LogP contribution in [0.5, 0.6) is 5.75 Å². The van der Waals surface area contributed by atoms with Gasteiger partial charge in [-0.3, -0.25) is 9.59 Å². The highest BCUT2D eigenvalue weighted by Gasteiger charge is 2.20. The molecule has 2 rings (SSSR count). The number of aliphatic carboxylic acids is 1. The molecule has 0 bridgehead atoms. The van der Waals surface area contributed by atoms with Gasteiger partial charge in [0.15, 0.2) is 0 Å². The zero-order valence-corrected chi connectivity index (χ0v) is 16.9. The molecule has 0 unspecified atom stereocenters. The molecule has 0 amide bonds. The Morgan fingerprint density at radius 3 is 2.68 bits per heavy atom. The molecule has 1 aromatic rings. The molecule has 2 atom stereocenters. The maximum Gasteiger partial charge on any atom is 0.304 e. The van der Waals surface area contributed by atoms with E-state index in [0.29, 0.717) is 31.1 Å². The van der Waals surface area contributed by atoms with Crippen LogP contribution in [-0.4, -0.2) is 23.5 Å². The van der Waals surface area contributed by atoms with Gasteiger partial charge in [0.2, 0.25) is 0 Å². The van der Waals surface area contributed by atoms with E-state index in [0.717, 1.165) is 37.0 Å². The molecule has 4 nitrogen and oxygen atoms in total. The minimum Gasteiger partial charge on any atom is -0.489 e. The smallest absolute Gasteiger partial charge is 0.304 e. The highest BCUT2D eigenvalue weighted by Crippen LogP contribution is 2.26. The summed E-state index contributed by atoms with van der Waals surface area (Å²) in [4.78, 5) is 22.6. The minimum atomic E-state index is -0.857. The molecule has 0 aliphatic heterocycles. The maximum absolute atomic E-state index is 11.5. The number of ether oxygens (including phenoxy) is 1. The minimum absolute atomic E-state index is 0.00887. The van der Waals surface area contributed by atoms with Crippen LogP contribution in [0.2, 0.25) is 0 Å². The predicted octanol–water partition coefficient (Wildman–Crippen LogP) is 5.13. The van der Waals surface area contributed by atoms with Crippen molar-refractivity contribution in [1.82, 2.24) is 0 Å². The van der Waals surface area contributed by atoms with Crippen molar-refractivity contribution >= 4 is 11.8 Å². The van der Waals surface area contributed by atoms with Crippen LogP contribution < -0.4 is 4.74 Å². The van der Waals surface area contributed by atoms with Crippen molar-refractivity contribution in [1.29, 1.82) is 0 Å². The van der Waals surface area contributed by atoms with Crippen LogP contribution >= 0.6 is 0 Å². The van der Waals surface area contributed by atoms with Crippen molar-refractivity contribution in [3.63, 3.8) is 0 Å². The molecule has 28 heavy (non-hydrogen) atoms. The Morgan fingerprint density at radius 2 is 2.11 bits per heavy atom. The van der Waals surface area contributed by atoms with E-state index >= 15 is 0 Å². The fourth-order valence-electron chi connectivity index (χ4n) is 3.50. The average Bonchev–Trinajstić information content (AvgIpc) is 3.08. The molecule has 1 fully saturated rings. The highest BCUT2D eigenvalue weighted by atomic mass is 16.5. The summed E-state index contributed by atoms with van der Waals surface area (Å²) in [5, 5.41) is 9.06. The second-order valence-corrected chi connectivity index (χ2v) is 7.37. The van der Waals surface area contributed by atoms with E-state index in [1.165, 1.54) is 5.57 Å². The fraction of sp³-hybridized carbons (Fsp3) is 0.500. The second kappa shape index (κ2) is 11.3. The van der Waals surface area contributed by atoms with E-state index in [2.05, 4.69) is 24.8 Å². The normalized spacial score (nSPS) is 17.7. The molecular weight excluding hydrogens is 352 g/mol. The third-order valence-corrected chi connectivity index (χ3v) is 5.01. The molecule has 4 heteroatoms. The summed E-state index contributed by atoms with van der Waals surface area (Å²) >= 11 is 0. The summed E-state index contributed by atoms with van der Waals surface area (Å²) in [6.07, 6.45) is 7.77. The number of unbranched alkanes of at least 4 members (excludes halogenated alkanes) is 1. The van der Waals surface area contributed by atoms with Gasteiger partial charge in [-0.25, -0.2) is 0 Å². The third kappa shape index (κ3) is 7.23. The Bertz CT molecular complexity index is 749. The van der Waals surface area contributed by atoms with Crippen molar-refractivity contribution in [2.24, 2.45) is 5.92 Å². The number of ketones is 1. The molecule has 1 aliphatic carbocycles. The van der Waals surface area contributed by atoms with Crippen LogP contribution in [0, 0.1) is 17.8 Å². The standard InChI is InChI=1S/C24H30O4/c1-3-5-7-19(14-18-8-11-22(25)15-18)17-28-23-12-9-20(10-13-23)21(6-4-2)16-24(26)27/h9-10,12-14,18,21H,3,5,7-8,11,15-17H2,1-2H3,(H,26,27)/b19-14+/t18-,21-/m0/s1. The molecule has 1 N–H and O–H groups in total. The summed E-state index contributed by atoms with van der Waals surface area (Å²) in [6, 6.07) is 7.52. The fourth-order valence-corrected chi connectivity index (χ4v) is 3.50. The van der Waals surface area contributed by atoms with Gasteiger partial charge in [-0.15, -0.1) is 5.92 Å². The first-order chi connectivity index (χ1) is 13.5. The van der Waals surface area contributed by atoms with Crippen molar-refractivity contribution in [2.45, 2.75) is 64.7 Å². The van der Waals surface area contributed by atoms with E-state index in [9.17, 15) is 9.59 Å². The van der Waals surface area contributed by atoms with Crippen molar-refractivity contribution in [3.8, 4) is 17.6 Å². The highest BCUT2D eigenvalue weighted by molar-refractivity contribution is 5.81. The zero-order chi connectivity index (χ0) is 20.4. The molecule has 150 valence electrons. The number of carboxylic acids is 1. The largest absolute Gasteiger partial charge is 0.489 e. The Kier molecular flexibility index (Phi) is 8.81. The molecular formula is C24H30O4. The zero-order valence-electron chi connectivity index (χ0n) is 16.9. The average molecular weight is 383 g/mol. The number of carboxylic acid groups (broad SMARTS) is 1. The number of hydrogen-bond donors (Lipinski definition) is 1. The van der Waals surface area contributed by atoms with Crippen molar-refractivity contribution < 1.29 is 19.4 Å². The summed E-state index contributed by atoms with van der Waals surface area (Å²) in [5.74, 6) is 6.07. The number of hydrogen-bond acceptors (Lipinski definition) is 3. The Hall–Kier alpha value is -2.54. The van der Waals surface area contributed by atoms with Crippen LogP contribution in [0.15, 0.2) is 35.9 Å². The Balaban J connectivity index is 2.00. The van der Waals surface area contributed by atoms with E-state index in [-0.39, 0.29) is 12.3 Å². The van der Waals surface area contributed by atoms with Gasteiger partial charge < -0.3 is 9.84 Å². The molecule has 1 aliphatic rings. The summed E-state index contributed by atoms with van der Waals surface area (Å²) in [7, 11) is 0. The lowest BCUT2D eigenvalue weighted by atomic mass is 9.96. The summed E-state index contributed by atoms with van der Waals surface area (Å²) in [6.45, 7) is 4.41. The van der Waals surface area contributed by atoms with Gasteiger partial charge >= 0.3 is 5.97 Å². The number of allylic oxidation sites excluding steroid dienone is 1. The van der Waals surface area contributed by atoms with Gasteiger partial charge in [0.25, 0.3) is 0 Å². The molecule has 1 saturated carbocycles. The number of carbonyl (C=O) groups is 2. The van der Waals surface area contributed by atoms with Crippen LogP contribution in [-0.2, 0) is 9.59 Å². The monoisotopic (exact) mass is 382 g/mol. The van der Waals surface area contributed by atoms with E-state index in [1.54, 1.807) is 6.92 Å². The van der Waals surface area contributed by atoms with E-state index < -0.39 is 5.97 Å². The van der Waals surface area contributed by atoms with Gasteiger partial charge in [0.1, 0.15) is 18.1 Å². The van der Waals surface area contributed by atoms with Crippen LogP contribution in [0.25, 0.3) is 0 Å². The lowest BCUT2D eigenvalue weighted by Gasteiger charge is -2.13. The summed E-state index contributed by atoms with van der Waals surface area (Å²) in [5.41, 5.74) is 2.14. The second-order valence-electron chi connectivity index (χ2n) is 7.37. The lowest BCUT2D eigenvalue weighted by Crippen LogP contribution is -2.06. The predicted molar refractivity (Wildman–Crippen MR) is 110 cm³/mol. The molecule has 0 spiro atoms. The van der Waals surface area contributed by atoms with Crippen LogP contribution in [0.1, 0.15) is 70.3 Å². The van der Waals surface area contributed by atoms with Crippen LogP contribution in [0.4, 0.5) is 0 Å². The molecule has 0 saturated heterocycles. The lowest BCUT2D eigenvalue weighted by molar-refractivity contribution is -0.137. The third-order valence-electron chi connectivity index (χ3n) is 5.01. The molecule has 0 aromatic heterocycles.